The summed E-state index contributed by atoms with van der Waals surface area (Å²) in [6.07, 6.45) is 71.5. The summed E-state index contributed by atoms with van der Waals surface area (Å²) in [5.74, 6) is -0.947. The molecule has 1 unspecified atom stereocenters. The van der Waals surface area contributed by atoms with Gasteiger partial charge in [-0.05, 0) is 70.6 Å². The largest absolute Gasteiger partial charge is 0.462 e. The van der Waals surface area contributed by atoms with Gasteiger partial charge in [0.15, 0.2) is 6.10 Å². The van der Waals surface area contributed by atoms with Crippen LogP contribution >= 0.6 is 0 Å². The maximum absolute atomic E-state index is 12.8. The highest BCUT2D eigenvalue weighted by atomic mass is 16.6. The molecule has 0 aromatic rings. The molecule has 0 aromatic carbocycles. The molecular formula is C61H104O6. The van der Waals surface area contributed by atoms with Gasteiger partial charge in [-0.2, -0.15) is 0 Å². The highest BCUT2D eigenvalue weighted by Crippen LogP contribution is 2.16. The second kappa shape index (κ2) is 55.2. The average Bonchev–Trinajstić information content (AvgIpc) is 3.33. The van der Waals surface area contributed by atoms with E-state index >= 15 is 0 Å². The lowest BCUT2D eigenvalue weighted by Gasteiger charge is -2.18. The van der Waals surface area contributed by atoms with E-state index in [2.05, 4.69) is 106 Å². The van der Waals surface area contributed by atoms with Gasteiger partial charge in [0.1, 0.15) is 13.2 Å². The van der Waals surface area contributed by atoms with Gasteiger partial charge < -0.3 is 14.2 Å². The molecule has 6 heteroatoms. The van der Waals surface area contributed by atoms with E-state index in [0.717, 1.165) is 89.9 Å². The molecule has 0 fully saturated rings. The Kier molecular flexibility index (Phi) is 52.4. The maximum atomic E-state index is 12.8. The Morgan fingerprint density at radius 3 is 0.910 bits per heavy atom. The fourth-order valence-corrected chi connectivity index (χ4v) is 7.73. The van der Waals surface area contributed by atoms with Crippen molar-refractivity contribution in [3.8, 4) is 0 Å². The molecule has 0 rings (SSSR count). The van der Waals surface area contributed by atoms with Crippen LogP contribution in [0.1, 0.15) is 265 Å². The molecule has 0 spiro atoms. The van der Waals surface area contributed by atoms with Crippen LogP contribution in [0.5, 0.6) is 0 Å². The van der Waals surface area contributed by atoms with Gasteiger partial charge in [0.25, 0.3) is 0 Å². The number of allylic oxidation sites excluding steroid dienone is 14. The first-order valence-corrected chi connectivity index (χ1v) is 28.1. The minimum Gasteiger partial charge on any atom is -0.462 e. The summed E-state index contributed by atoms with van der Waals surface area (Å²) in [6, 6.07) is 0. The third-order valence-corrected chi connectivity index (χ3v) is 11.9. The summed E-state index contributed by atoms with van der Waals surface area (Å²) in [7, 11) is 0. The Hall–Kier alpha value is -3.41. The number of carbonyl (C=O) groups is 3. The van der Waals surface area contributed by atoms with Gasteiger partial charge in [-0.3, -0.25) is 14.4 Å². The third-order valence-electron chi connectivity index (χ3n) is 11.9. The fraction of sp³-hybridized carbons (Fsp3) is 0.721. The van der Waals surface area contributed by atoms with Crippen LogP contribution in [-0.4, -0.2) is 37.2 Å². The molecule has 0 bridgehead atoms. The molecule has 0 amide bonds. The Morgan fingerprint density at radius 1 is 0.313 bits per heavy atom. The van der Waals surface area contributed by atoms with Crippen molar-refractivity contribution in [1.29, 1.82) is 0 Å². The van der Waals surface area contributed by atoms with Gasteiger partial charge in [-0.15, -0.1) is 0 Å². The van der Waals surface area contributed by atoms with Crippen LogP contribution < -0.4 is 0 Å². The highest BCUT2D eigenvalue weighted by Gasteiger charge is 2.19. The summed E-state index contributed by atoms with van der Waals surface area (Å²) in [5, 5.41) is 0. The fourth-order valence-electron chi connectivity index (χ4n) is 7.73. The SMILES string of the molecule is CC/C=C\C/C=C\C/C=C\C/C=C\C/C=C\C/C=C\C/C=C\CCCC(=O)OCC(COC(=O)CCCCCCCCCCCCCCC)OC(=O)CCCCCCCCCCCCCCC. The summed E-state index contributed by atoms with van der Waals surface area (Å²) in [4.78, 5) is 38.0. The van der Waals surface area contributed by atoms with Crippen molar-refractivity contribution >= 4 is 17.9 Å². The van der Waals surface area contributed by atoms with Crippen LogP contribution in [-0.2, 0) is 28.6 Å². The number of hydrogen-bond acceptors (Lipinski definition) is 6. The van der Waals surface area contributed by atoms with Crippen LogP contribution in [0.25, 0.3) is 0 Å². The van der Waals surface area contributed by atoms with Crippen molar-refractivity contribution < 1.29 is 28.6 Å². The Labute approximate surface area is 414 Å². The van der Waals surface area contributed by atoms with Gasteiger partial charge in [-0.25, -0.2) is 0 Å². The van der Waals surface area contributed by atoms with Crippen molar-refractivity contribution in [2.24, 2.45) is 0 Å². The minimum atomic E-state index is -0.796. The summed E-state index contributed by atoms with van der Waals surface area (Å²) in [6.45, 7) is 6.49. The summed E-state index contributed by atoms with van der Waals surface area (Å²) < 4.78 is 16.8. The van der Waals surface area contributed by atoms with Crippen molar-refractivity contribution in [3.05, 3.63) is 85.1 Å². The highest BCUT2D eigenvalue weighted by molar-refractivity contribution is 5.71. The monoisotopic (exact) mass is 933 g/mol. The first-order valence-electron chi connectivity index (χ1n) is 28.1. The van der Waals surface area contributed by atoms with E-state index in [1.165, 1.54) is 128 Å². The van der Waals surface area contributed by atoms with E-state index in [9.17, 15) is 14.4 Å². The van der Waals surface area contributed by atoms with E-state index in [4.69, 9.17) is 14.2 Å². The normalized spacial score (nSPS) is 12.7. The molecule has 1 atom stereocenters. The number of rotatable bonds is 50. The topological polar surface area (TPSA) is 78.9 Å². The quantitative estimate of drug-likeness (QED) is 0.0262. The van der Waals surface area contributed by atoms with Crippen LogP contribution in [0, 0.1) is 0 Å². The molecule has 0 N–H and O–H groups in total. The van der Waals surface area contributed by atoms with E-state index in [0.29, 0.717) is 19.3 Å². The number of ether oxygens (including phenoxy) is 3. The molecule has 0 saturated carbocycles. The predicted molar refractivity (Wildman–Crippen MR) is 288 cm³/mol. The van der Waals surface area contributed by atoms with Gasteiger partial charge in [-0.1, -0.05) is 260 Å². The Bertz CT molecular complexity index is 1300. The first kappa shape index (κ1) is 63.6. The zero-order valence-corrected chi connectivity index (χ0v) is 43.9. The first-order chi connectivity index (χ1) is 33.0. The number of hydrogen-bond donors (Lipinski definition) is 0. The van der Waals surface area contributed by atoms with Crippen molar-refractivity contribution in [1.82, 2.24) is 0 Å². The number of unbranched alkanes of at least 4 members (excludes halogenated alkanes) is 25. The zero-order chi connectivity index (χ0) is 48.6. The summed E-state index contributed by atoms with van der Waals surface area (Å²) >= 11 is 0. The molecule has 67 heavy (non-hydrogen) atoms. The lowest BCUT2D eigenvalue weighted by Crippen LogP contribution is -2.30. The molecule has 0 saturated heterocycles. The van der Waals surface area contributed by atoms with Crippen LogP contribution in [0.2, 0.25) is 0 Å². The standard InChI is InChI=1S/C61H104O6/c1-4-7-10-13-16-19-22-25-26-27-28-29-30-31-32-33-34-37-39-42-45-48-51-54-60(63)66-57-58(67-61(64)55-52-49-46-43-40-36-24-21-18-15-12-9-6-3)56-65-59(62)53-50-47-44-41-38-35-23-20-17-14-11-8-5-2/h7,10,16,19,25-26,28-29,31-32,34,37,42,45,58H,4-6,8-9,11-15,17-18,20-24,27,30,33,35-36,38-41,43-44,46-57H2,1-3H3/b10-7-,19-16-,26-25-,29-28-,32-31-,37-34-,45-42-. The van der Waals surface area contributed by atoms with Crippen LogP contribution in [0.3, 0.4) is 0 Å². The molecule has 384 valence electrons. The minimum absolute atomic E-state index is 0.0910. The van der Waals surface area contributed by atoms with Crippen molar-refractivity contribution in [2.75, 3.05) is 13.2 Å². The maximum Gasteiger partial charge on any atom is 0.306 e. The van der Waals surface area contributed by atoms with E-state index in [1.54, 1.807) is 0 Å². The van der Waals surface area contributed by atoms with Crippen molar-refractivity contribution in [2.45, 2.75) is 271 Å². The molecule has 0 aliphatic heterocycles. The smallest absolute Gasteiger partial charge is 0.306 e. The lowest BCUT2D eigenvalue weighted by molar-refractivity contribution is -0.167. The molecule has 0 aliphatic carbocycles. The van der Waals surface area contributed by atoms with Crippen molar-refractivity contribution in [3.63, 3.8) is 0 Å². The average molecular weight is 933 g/mol. The molecule has 0 aliphatic rings. The lowest BCUT2D eigenvalue weighted by atomic mass is 10.0. The molecule has 0 radical (unpaired) electrons. The second-order valence-electron chi connectivity index (χ2n) is 18.5. The van der Waals surface area contributed by atoms with Crippen LogP contribution in [0.15, 0.2) is 85.1 Å². The molecular weight excluding hydrogens is 829 g/mol. The van der Waals surface area contributed by atoms with Gasteiger partial charge >= 0.3 is 17.9 Å². The second-order valence-corrected chi connectivity index (χ2v) is 18.5. The molecule has 0 aromatic heterocycles. The van der Waals surface area contributed by atoms with Crippen LogP contribution in [0.4, 0.5) is 0 Å². The molecule has 6 nitrogen and oxygen atoms in total. The third kappa shape index (κ3) is 53.4. The van der Waals surface area contributed by atoms with E-state index in [-0.39, 0.29) is 37.5 Å². The van der Waals surface area contributed by atoms with Gasteiger partial charge in [0.05, 0.1) is 0 Å². The Balaban J connectivity index is 4.43. The number of carbonyl (C=O) groups excluding carboxylic acids is 3. The van der Waals surface area contributed by atoms with Gasteiger partial charge in [0, 0.05) is 19.3 Å². The molecule has 0 heterocycles. The number of esters is 3. The van der Waals surface area contributed by atoms with Gasteiger partial charge in [0.2, 0.25) is 0 Å². The van der Waals surface area contributed by atoms with E-state index < -0.39 is 6.10 Å². The predicted octanol–water partition coefficient (Wildman–Crippen LogP) is 18.8. The van der Waals surface area contributed by atoms with E-state index in [1.807, 2.05) is 0 Å². The Morgan fingerprint density at radius 2 is 0.582 bits per heavy atom. The summed E-state index contributed by atoms with van der Waals surface area (Å²) in [5.41, 5.74) is 0. The zero-order valence-electron chi connectivity index (χ0n) is 43.9.